The molecule has 24 heavy (non-hydrogen) atoms. The van der Waals surface area contributed by atoms with Crippen LogP contribution in [0.4, 0.5) is 4.79 Å². The number of aliphatic carboxylic acids is 1. The number of terminal acetylenes is 1. The Kier molecular flexibility index (Phi) is 5.79. The Labute approximate surface area is 140 Å². The number of carboxylic acid groups (broad SMARTS) is 1. The van der Waals surface area contributed by atoms with E-state index in [0.29, 0.717) is 19.4 Å². The first-order valence-electron chi connectivity index (χ1n) is 7.60. The summed E-state index contributed by atoms with van der Waals surface area (Å²) >= 11 is 0. The smallest absolute Gasteiger partial charge is 0.340 e. The number of hydrazine groups is 1. The number of carbonyl (C=O) groups is 3. The number of likely N-dealkylation sites (tertiary alicyclic amines) is 1. The molecule has 0 aromatic heterocycles. The van der Waals surface area contributed by atoms with E-state index in [9.17, 15) is 19.5 Å². The lowest BCUT2D eigenvalue weighted by Crippen LogP contribution is -2.54. The van der Waals surface area contributed by atoms with Gasteiger partial charge in [-0.05, 0) is 18.4 Å². The molecule has 1 heterocycles. The first-order chi connectivity index (χ1) is 11.5. The second kappa shape index (κ2) is 8.02. The van der Waals surface area contributed by atoms with Crippen molar-refractivity contribution in [2.45, 2.75) is 25.3 Å². The van der Waals surface area contributed by atoms with Crippen LogP contribution in [0.1, 0.15) is 18.4 Å². The summed E-state index contributed by atoms with van der Waals surface area (Å²) in [6, 6.07) is 7.59. The highest BCUT2D eigenvalue weighted by Crippen LogP contribution is 2.18. The van der Waals surface area contributed by atoms with Gasteiger partial charge in [0.1, 0.15) is 12.6 Å². The fraction of sp³-hybridized carbons (Fsp3) is 0.353. The van der Waals surface area contributed by atoms with E-state index >= 15 is 0 Å². The monoisotopic (exact) mass is 329 g/mol. The van der Waals surface area contributed by atoms with Crippen LogP contribution in [0.3, 0.4) is 0 Å². The van der Waals surface area contributed by atoms with E-state index in [1.54, 1.807) is 12.1 Å². The number of nitrogens with zero attached hydrogens (tertiary/aromatic N) is 2. The van der Waals surface area contributed by atoms with Gasteiger partial charge in [-0.1, -0.05) is 36.3 Å². The molecule has 0 spiro atoms. The van der Waals surface area contributed by atoms with Gasteiger partial charge in [0, 0.05) is 6.54 Å². The number of rotatable bonds is 4. The highest BCUT2D eigenvalue weighted by atomic mass is 16.4. The van der Waals surface area contributed by atoms with Crippen molar-refractivity contribution in [3.63, 3.8) is 0 Å². The number of benzene rings is 1. The Balaban J connectivity index is 2.03. The lowest BCUT2D eigenvalue weighted by atomic mass is 10.1. The molecule has 0 radical (unpaired) electrons. The van der Waals surface area contributed by atoms with Crippen LogP contribution in [0.5, 0.6) is 0 Å². The number of carbonyl (C=O) groups excluding carboxylic acids is 2. The number of urea groups is 1. The summed E-state index contributed by atoms with van der Waals surface area (Å²) < 4.78 is 0. The van der Waals surface area contributed by atoms with Crippen molar-refractivity contribution in [2.75, 3.05) is 13.1 Å². The Bertz CT molecular complexity index is 654. The number of amides is 3. The fourth-order valence-corrected chi connectivity index (χ4v) is 2.63. The molecule has 126 valence electrons. The third kappa shape index (κ3) is 4.26. The van der Waals surface area contributed by atoms with E-state index in [1.807, 2.05) is 18.2 Å². The molecular weight excluding hydrogens is 310 g/mol. The molecule has 2 N–H and O–H groups in total. The fourth-order valence-electron chi connectivity index (χ4n) is 2.63. The third-order valence-corrected chi connectivity index (χ3v) is 3.73. The molecule has 0 bridgehead atoms. The van der Waals surface area contributed by atoms with Gasteiger partial charge in [0.05, 0.1) is 6.42 Å². The van der Waals surface area contributed by atoms with Crippen LogP contribution >= 0.6 is 0 Å². The Hall–Kier alpha value is -3.01. The number of carboxylic acids is 1. The second-order valence-electron chi connectivity index (χ2n) is 5.46. The molecule has 1 atom stereocenters. The van der Waals surface area contributed by atoms with E-state index in [2.05, 4.69) is 11.3 Å². The van der Waals surface area contributed by atoms with Crippen LogP contribution in [0, 0.1) is 12.3 Å². The van der Waals surface area contributed by atoms with Crippen LogP contribution in [0.2, 0.25) is 0 Å². The van der Waals surface area contributed by atoms with Crippen LogP contribution in [-0.2, 0) is 16.0 Å². The zero-order valence-electron chi connectivity index (χ0n) is 13.1. The van der Waals surface area contributed by atoms with Gasteiger partial charge < -0.3 is 10.0 Å². The molecule has 0 aliphatic carbocycles. The van der Waals surface area contributed by atoms with E-state index in [4.69, 9.17) is 6.42 Å². The molecule has 0 saturated carbocycles. The van der Waals surface area contributed by atoms with Gasteiger partial charge in [-0.25, -0.2) is 14.6 Å². The molecule has 7 heteroatoms. The minimum absolute atomic E-state index is 0.0948. The number of nitrogens with one attached hydrogen (secondary N) is 1. The van der Waals surface area contributed by atoms with Gasteiger partial charge >= 0.3 is 12.0 Å². The molecule has 1 fully saturated rings. The van der Waals surface area contributed by atoms with Crippen LogP contribution in [0.15, 0.2) is 30.3 Å². The van der Waals surface area contributed by atoms with Gasteiger partial charge in [-0.3, -0.25) is 10.2 Å². The van der Waals surface area contributed by atoms with Crippen LogP contribution < -0.4 is 5.43 Å². The topological polar surface area (TPSA) is 90.0 Å². The Morgan fingerprint density at radius 2 is 2.04 bits per heavy atom. The molecular formula is C17H19N3O4. The van der Waals surface area contributed by atoms with Crippen molar-refractivity contribution >= 4 is 17.9 Å². The van der Waals surface area contributed by atoms with Crippen molar-refractivity contribution < 1.29 is 19.5 Å². The van der Waals surface area contributed by atoms with E-state index in [-0.39, 0.29) is 13.0 Å². The number of hydrogen-bond acceptors (Lipinski definition) is 3. The summed E-state index contributed by atoms with van der Waals surface area (Å²) in [5.41, 5.74) is 3.27. The maximum Gasteiger partial charge on any atom is 0.340 e. The number of hydrogen-bond donors (Lipinski definition) is 2. The van der Waals surface area contributed by atoms with Crippen LogP contribution in [-0.4, -0.2) is 52.1 Å². The zero-order valence-corrected chi connectivity index (χ0v) is 13.1. The summed E-state index contributed by atoms with van der Waals surface area (Å²) in [6.45, 7) is 0.188. The van der Waals surface area contributed by atoms with Crippen LogP contribution in [0.25, 0.3) is 0 Å². The van der Waals surface area contributed by atoms with E-state index < -0.39 is 23.9 Å². The quantitative estimate of drug-likeness (QED) is 0.633. The maximum atomic E-state index is 12.5. The molecule has 1 aliphatic rings. The molecule has 1 aromatic rings. The van der Waals surface area contributed by atoms with Crippen molar-refractivity contribution in [2.24, 2.45) is 0 Å². The van der Waals surface area contributed by atoms with E-state index in [0.717, 1.165) is 10.6 Å². The lowest BCUT2D eigenvalue weighted by molar-refractivity contribution is -0.141. The minimum Gasteiger partial charge on any atom is -0.480 e. The van der Waals surface area contributed by atoms with Crippen molar-refractivity contribution in [3.05, 3.63) is 35.9 Å². The van der Waals surface area contributed by atoms with Crippen molar-refractivity contribution in [1.29, 1.82) is 0 Å². The summed E-state index contributed by atoms with van der Waals surface area (Å²) in [5.74, 6) is 0.851. The molecule has 1 saturated heterocycles. The van der Waals surface area contributed by atoms with Gasteiger partial charge in [0.2, 0.25) is 5.91 Å². The molecule has 7 nitrogen and oxygen atoms in total. The molecule has 0 unspecified atom stereocenters. The normalized spacial score (nSPS) is 16.3. The predicted molar refractivity (Wildman–Crippen MR) is 86.6 cm³/mol. The molecule has 3 amide bonds. The molecule has 1 aliphatic heterocycles. The second-order valence-corrected chi connectivity index (χ2v) is 5.46. The summed E-state index contributed by atoms with van der Waals surface area (Å²) in [4.78, 5) is 37.1. The van der Waals surface area contributed by atoms with Crippen molar-refractivity contribution in [3.8, 4) is 12.3 Å². The summed E-state index contributed by atoms with van der Waals surface area (Å²) in [5, 5.41) is 10.2. The highest BCUT2D eigenvalue weighted by molar-refractivity contribution is 5.86. The standard InChI is InChI=1S/C17H19N3O4/c1-2-10-20(17(24)19-11-6-9-14(19)16(22)23)18-15(21)12-13-7-4-3-5-8-13/h1,3-5,7-8,14H,6,9-12H2,(H,18,21)(H,22,23)/t14-/m0/s1. The molecule has 2 rings (SSSR count). The van der Waals surface area contributed by atoms with E-state index in [1.165, 1.54) is 4.90 Å². The Morgan fingerprint density at radius 3 is 2.67 bits per heavy atom. The average Bonchev–Trinajstić information content (AvgIpc) is 3.04. The maximum absolute atomic E-state index is 12.5. The SMILES string of the molecule is C#CCN(NC(=O)Cc1ccccc1)C(=O)N1CCC[C@H]1C(=O)O. The average molecular weight is 329 g/mol. The summed E-state index contributed by atoms with van der Waals surface area (Å²) in [6.07, 6.45) is 6.35. The first-order valence-corrected chi connectivity index (χ1v) is 7.60. The molecule has 1 aromatic carbocycles. The lowest BCUT2D eigenvalue weighted by Gasteiger charge is -2.29. The largest absolute Gasteiger partial charge is 0.480 e. The van der Waals surface area contributed by atoms with Crippen molar-refractivity contribution in [1.82, 2.24) is 15.3 Å². The minimum atomic E-state index is -1.06. The van der Waals surface area contributed by atoms with Gasteiger partial charge in [0.25, 0.3) is 0 Å². The first kappa shape index (κ1) is 17.3. The van der Waals surface area contributed by atoms with Gasteiger partial charge in [-0.15, -0.1) is 6.42 Å². The van der Waals surface area contributed by atoms with Gasteiger partial charge in [-0.2, -0.15) is 0 Å². The summed E-state index contributed by atoms with van der Waals surface area (Å²) in [7, 11) is 0. The zero-order chi connectivity index (χ0) is 17.5. The van der Waals surface area contributed by atoms with Gasteiger partial charge in [0.15, 0.2) is 0 Å². The highest BCUT2D eigenvalue weighted by Gasteiger charge is 2.36. The third-order valence-electron chi connectivity index (χ3n) is 3.73. The predicted octanol–water partition coefficient (Wildman–Crippen LogP) is 0.864. The Morgan fingerprint density at radius 1 is 1.33 bits per heavy atom.